The van der Waals surface area contributed by atoms with Crippen LogP contribution in [0.3, 0.4) is 0 Å². The molecule has 0 radical (unpaired) electrons. The van der Waals surface area contributed by atoms with Gasteiger partial charge < -0.3 is 46.9 Å². The monoisotopic (exact) mass is 1110 g/mol. The van der Waals surface area contributed by atoms with Crippen LogP contribution in [0, 0.1) is 0 Å². The number of nitrogens with two attached hydrogens (primary N) is 2. The molecule has 33 nitrogen and oxygen atoms in total. The van der Waals surface area contributed by atoms with Crippen LogP contribution in [0.25, 0.3) is 0 Å². The number of fused-ring (bicyclic) bond motifs is 6. The summed E-state index contributed by atoms with van der Waals surface area (Å²) in [5.74, 6) is -2.66. The molecule has 412 valence electrons. The van der Waals surface area contributed by atoms with Gasteiger partial charge in [-0.05, 0) is 51.0 Å². The van der Waals surface area contributed by atoms with Crippen molar-refractivity contribution in [2.45, 2.75) is 93.8 Å². The fourth-order valence-corrected chi connectivity index (χ4v) is 9.69. The van der Waals surface area contributed by atoms with Gasteiger partial charge in [0.25, 0.3) is 0 Å². The first-order valence-electron chi connectivity index (χ1n) is 22.3. The van der Waals surface area contributed by atoms with E-state index in [0.717, 1.165) is 14.7 Å². The van der Waals surface area contributed by atoms with E-state index in [9.17, 15) is 68.4 Å². The zero-order chi connectivity index (χ0) is 55.0. The van der Waals surface area contributed by atoms with Crippen LogP contribution in [0.4, 0.5) is 14.4 Å². The molecule has 6 bridgehead atoms. The topological polar surface area (TPSA) is 461 Å². The van der Waals surface area contributed by atoms with E-state index in [4.69, 9.17) is 25.1 Å². The van der Waals surface area contributed by atoms with Crippen molar-refractivity contribution in [2.75, 3.05) is 53.0 Å². The smallest absolute Gasteiger partial charge is 0.377 e. The molecule has 6 heterocycles. The lowest BCUT2D eigenvalue weighted by Crippen LogP contribution is -2.51. The zero-order valence-corrected chi connectivity index (χ0v) is 41.8. The number of rotatable bonds is 20. The van der Waals surface area contributed by atoms with Crippen LogP contribution >= 0.6 is 0 Å². The van der Waals surface area contributed by atoms with Gasteiger partial charge in [0, 0.05) is 26.7 Å². The molecular weight excluding hydrogens is 1060 g/mol. The highest BCUT2D eigenvalue weighted by Gasteiger charge is 2.52. The Morgan fingerprint density at radius 2 is 0.919 bits per heavy atom. The summed E-state index contributed by atoms with van der Waals surface area (Å²) in [6.07, 6.45) is 1.75. The number of ketones is 3. The third-order valence-electron chi connectivity index (χ3n) is 12.1. The van der Waals surface area contributed by atoms with Gasteiger partial charge in [0.15, 0.2) is 17.3 Å². The number of carbonyl (C=O) groups excluding carboxylic acids is 9. The van der Waals surface area contributed by atoms with E-state index in [1.54, 1.807) is 30.3 Å². The van der Waals surface area contributed by atoms with Crippen molar-refractivity contribution in [1.29, 1.82) is 0 Å². The summed E-state index contributed by atoms with van der Waals surface area (Å²) in [4.78, 5) is 112. The van der Waals surface area contributed by atoms with E-state index >= 15 is 0 Å². The molecule has 6 saturated heterocycles. The highest BCUT2D eigenvalue weighted by molar-refractivity contribution is 7.81. The molecule has 1 aromatic carbocycles. The van der Waals surface area contributed by atoms with Gasteiger partial charge in [-0.1, -0.05) is 30.3 Å². The number of benzene rings is 1. The maximum atomic E-state index is 12.5. The lowest BCUT2D eigenvalue weighted by molar-refractivity contribution is -0.129. The Balaban J connectivity index is 0.000000207. The van der Waals surface area contributed by atoms with Gasteiger partial charge in [-0.3, -0.25) is 42.4 Å². The number of nitrogens with zero attached hydrogens (tertiary/aromatic N) is 6. The van der Waals surface area contributed by atoms with Crippen LogP contribution < -0.4 is 27.4 Å². The first-order chi connectivity index (χ1) is 34.5. The first-order valence-corrected chi connectivity index (χ1v) is 26.4. The van der Waals surface area contributed by atoms with E-state index in [-0.39, 0.29) is 76.7 Å². The number of hydroxylamine groups is 6. The average Bonchev–Trinajstić information content (AvgIpc) is 3.81. The van der Waals surface area contributed by atoms with E-state index in [1.807, 2.05) is 0 Å². The highest BCUT2D eigenvalue weighted by atomic mass is 32.3. The molecule has 0 aliphatic carbocycles. The van der Waals surface area contributed by atoms with E-state index in [0.29, 0.717) is 40.0 Å². The summed E-state index contributed by atoms with van der Waals surface area (Å²) in [6, 6.07) is 0.343. The Labute approximate surface area is 422 Å². The number of hydrogen-bond donors (Lipinski definition) is 8. The number of Topliss-reactive ketones (excluding diaryl/α,β-unsaturated/α-hetero) is 3. The minimum atomic E-state index is -4.85. The molecule has 6 aliphatic heterocycles. The molecule has 0 spiro atoms. The van der Waals surface area contributed by atoms with Crippen molar-refractivity contribution in [3.8, 4) is 0 Å². The van der Waals surface area contributed by atoms with Crippen molar-refractivity contribution in [2.24, 2.45) is 11.5 Å². The minimum Gasteiger partial charge on any atom is -0.377 e. The molecule has 1 aromatic rings. The van der Waals surface area contributed by atoms with Gasteiger partial charge in [-0.25, -0.2) is 14.4 Å². The van der Waals surface area contributed by atoms with Crippen molar-refractivity contribution < 1.29 is 99.7 Å². The molecule has 0 saturated carbocycles. The SMILES string of the molecule is CC(N)C(=O)CNC(=O)[C@@H]1CC[C@@H]2CN1C(=O)N2OS(=O)(=O)O.COCC(=O)CNC(=O)[C@@H]1CC[C@@H]2CN1C(=O)N2OS(=O)(=O)O.NC(C(=O)CNC(=O)[C@@H]1CC[C@@H]2CN1C(=O)N2OS(=O)(=O)O)c1ccccc1. The molecule has 6 aliphatic rings. The normalized spacial score (nSPS) is 24.0. The van der Waals surface area contributed by atoms with Crippen molar-refractivity contribution in [3.63, 3.8) is 0 Å². The predicted octanol–water partition coefficient (Wildman–Crippen LogP) is -4.28. The maximum Gasteiger partial charge on any atom is 0.418 e. The summed E-state index contributed by atoms with van der Waals surface area (Å²) in [5, 5.41) is 8.96. The molecule has 9 amide bonds. The predicted molar refractivity (Wildman–Crippen MR) is 243 cm³/mol. The van der Waals surface area contributed by atoms with Gasteiger partial charge in [-0.2, -0.15) is 40.4 Å². The second-order valence-electron chi connectivity index (χ2n) is 17.3. The fourth-order valence-electron chi connectivity index (χ4n) is 8.53. The van der Waals surface area contributed by atoms with Gasteiger partial charge in [0.2, 0.25) is 17.7 Å². The summed E-state index contributed by atoms with van der Waals surface area (Å²) >= 11 is 0. The van der Waals surface area contributed by atoms with Crippen LogP contribution in [-0.4, -0.2) is 217 Å². The zero-order valence-electron chi connectivity index (χ0n) is 39.4. The lowest BCUT2D eigenvalue weighted by atomic mass is 10.00. The van der Waals surface area contributed by atoms with Crippen LogP contribution in [0.2, 0.25) is 0 Å². The number of nitrogens with one attached hydrogen (secondary N) is 3. The Hall–Kier alpha value is -6.06. The van der Waals surface area contributed by atoms with Gasteiger partial charge >= 0.3 is 49.3 Å². The molecule has 74 heavy (non-hydrogen) atoms. The Bertz CT molecular complexity index is 2670. The summed E-state index contributed by atoms with van der Waals surface area (Å²) in [7, 11) is -13.2. The molecule has 8 atom stereocenters. The van der Waals surface area contributed by atoms with Gasteiger partial charge in [-0.15, -0.1) is 12.9 Å². The highest BCUT2D eigenvalue weighted by Crippen LogP contribution is 2.33. The third-order valence-corrected chi connectivity index (χ3v) is 13.1. The standard InChI is InChI=1S/C16H20N4O7S.C11H18N4O7S.C11H17N3O8S/c17-14(10-4-2-1-3-5-10)13(21)8-18-15(22)12-7-6-11-9-19(12)16(23)20(11)27-28(24,25)26;1-6(12)9(16)4-13-10(17)8-3-2-7-5-14(8)11(18)15(7)22-23(19,20)21;1-21-6-8(15)4-12-10(16)9-3-2-7-5-13(9)11(17)14(7)22-23(18,19)20/h1-5,11-12,14H,6-9,17H2,(H,18,22)(H,24,25,26);6-8H,2-5,12H2,1H3,(H,13,17)(H,19,20,21);7,9H,2-6H2,1H3,(H,12,16)(H,18,19,20)/t11-,12+,14?;6?,7-,8+;7-,9+/m111/s1. The molecule has 36 heteroatoms. The number of methoxy groups -OCH3 is 1. The molecule has 0 aromatic heterocycles. The molecule has 6 fully saturated rings. The Morgan fingerprint density at radius 3 is 1.24 bits per heavy atom. The molecule has 2 unspecified atom stereocenters. The third kappa shape index (κ3) is 15.5. The fraction of sp³-hybridized carbons (Fsp3) is 0.605. The largest absolute Gasteiger partial charge is 0.418 e. The number of carbonyl (C=O) groups is 9. The average molecular weight is 1110 g/mol. The summed E-state index contributed by atoms with van der Waals surface area (Å²) in [6.45, 7) is 0.849. The summed E-state index contributed by atoms with van der Waals surface area (Å²) < 4.78 is 108. The first kappa shape index (κ1) is 58.8. The van der Waals surface area contributed by atoms with Gasteiger partial charge in [0.05, 0.1) is 49.8 Å². The van der Waals surface area contributed by atoms with Crippen LogP contribution in [0.15, 0.2) is 30.3 Å². The van der Waals surface area contributed by atoms with Gasteiger partial charge in [0.1, 0.15) is 24.7 Å². The molecule has 7 rings (SSSR count). The van der Waals surface area contributed by atoms with E-state index in [1.165, 1.54) is 14.0 Å². The molecule has 10 N–H and O–H groups in total. The van der Waals surface area contributed by atoms with Crippen molar-refractivity contribution in [1.82, 2.24) is 45.8 Å². The number of amides is 9. The summed E-state index contributed by atoms with van der Waals surface area (Å²) in [5.41, 5.74) is 11.9. The van der Waals surface area contributed by atoms with Crippen LogP contribution in [-0.2, 0) is 77.6 Å². The van der Waals surface area contributed by atoms with Crippen molar-refractivity contribution >= 4 is 84.4 Å². The van der Waals surface area contributed by atoms with Crippen LogP contribution in [0.1, 0.15) is 57.1 Å². The van der Waals surface area contributed by atoms with Crippen LogP contribution in [0.5, 0.6) is 0 Å². The van der Waals surface area contributed by atoms with E-state index < -0.39 is 121 Å². The lowest BCUT2D eigenvalue weighted by Gasteiger charge is -2.29. The number of urea groups is 3. The number of hydrogen-bond acceptors (Lipinski definition) is 21. The van der Waals surface area contributed by atoms with Crippen molar-refractivity contribution in [3.05, 3.63) is 35.9 Å². The van der Waals surface area contributed by atoms with E-state index in [2.05, 4.69) is 33.5 Å². The minimum absolute atomic E-state index is 0.0733. The second kappa shape index (κ2) is 24.5. The maximum absolute atomic E-state index is 12.5. The Morgan fingerprint density at radius 1 is 0.581 bits per heavy atom. The number of piperidine rings is 3. The number of ether oxygens (including phenoxy) is 1. The Kier molecular flexibility index (Phi) is 19.5. The quantitative estimate of drug-likeness (QED) is 0.0573. The second-order valence-corrected chi connectivity index (χ2v) is 20.3. The molecular formula is C38H55N11O22S3.